The smallest absolute Gasteiger partial charge is 0.297 e. The fourth-order valence-corrected chi connectivity index (χ4v) is 5.02. The average molecular weight is 542 g/mol. The number of allylic oxidation sites excluding steroid dienone is 1. The van der Waals surface area contributed by atoms with Crippen LogP contribution in [0.25, 0.3) is 5.69 Å². The normalized spacial score (nSPS) is 17.9. The molecule has 0 radical (unpaired) electrons. The SMILES string of the molecule is COc1cccn(-c2ccc3c(c2)[C@@](O)([C@H](C)/C=C/CCn2cc(C(CO)c4ccccc4)nn2)C(=O)N3)c1=O. The molecule has 2 aromatic carbocycles. The average Bonchev–Trinajstić information content (AvgIpc) is 3.54. The fraction of sp³-hybridized carbons (Fsp3) is 0.267. The third kappa shape index (κ3) is 4.94. The molecule has 2 aromatic heterocycles. The molecule has 10 heteroatoms. The van der Waals surface area contributed by atoms with Gasteiger partial charge in [0.05, 0.1) is 25.3 Å². The number of anilines is 1. The van der Waals surface area contributed by atoms with E-state index in [-0.39, 0.29) is 23.8 Å². The van der Waals surface area contributed by atoms with Crippen LogP contribution in [0.3, 0.4) is 0 Å². The number of carbonyl (C=O) groups is 1. The maximum absolute atomic E-state index is 12.9. The van der Waals surface area contributed by atoms with Gasteiger partial charge in [0.1, 0.15) is 0 Å². The molecule has 0 aliphatic carbocycles. The second-order valence-corrected chi connectivity index (χ2v) is 9.76. The summed E-state index contributed by atoms with van der Waals surface area (Å²) in [5.41, 5.74) is 0.906. The van der Waals surface area contributed by atoms with Crippen molar-refractivity contribution in [3.05, 3.63) is 112 Å². The third-order valence-electron chi connectivity index (χ3n) is 7.33. The maximum atomic E-state index is 12.9. The number of aliphatic hydroxyl groups is 2. The Morgan fingerprint density at radius 1 is 1.12 bits per heavy atom. The largest absolute Gasteiger partial charge is 0.491 e. The highest BCUT2D eigenvalue weighted by atomic mass is 16.5. The number of nitrogens with zero attached hydrogens (tertiary/aromatic N) is 4. The second kappa shape index (κ2) is 11.3. The van der Waals surface area contributed by atoms with Gasteiger partial charge in [0.15, 0.2) is 11.4 Å². The van der Waals surface area contributed by atoms with Crippen LogP contribution in [0, 0.1) is 5.92 Å². The predicted molar refractivity (Wildman–Crippen MR) is 149 cm³/mol. The van der Waals surface area contributed by atoms with Gasteiger partial charge < -0.3 is 20.3 Å². The van der Waals surface area contributed by atoms with E-state index in [9.17, 15) is 19.8 Å². The molecule has 4 aromatic rings. The zero-order valence-electron chi connectivity index (χ0n) is 22.3. The van der Waals surface area contributed by atoms with Crippen LogP contribution in [0.5, 0.6) is 5.75 Å². The summed E-state index contributed by atoms with van der Waals surface area (Å²) in [6.07, 6.45) is 7.72. The Labute approximate surface area is 231 Å². The summed E-state index contributed by atoms with van der Waals surface area (Å²) < 4.78 is 8.26. The molecule has 0 fully saturated rings. The molecule has 1 amide bonds. The summed E-state index contributed by atoms with van der Waals surface area (Å²) in [4.78, 5) is 25.7. The second-order valence-electron chi connectivity index (χ2n) is 9.76. The van der Waals surface area contributed by atoms with Crippen molar-refractivity contribution < 1.29 is 19.7 Å². The van der Waals surface area contributed by atoms with Gasteiger partial charge in [-0.2, -0.15) is 0 Å². The number of aromatic nitrogens is 4. The number of carbonyl (C=O) groups excluding carboxylic acids is 1. The first-order valence-corrected chi connectivity index (χ1v) is 13.0. The molecule has 0 saturated carbocycles. The Balaban J connectivity index is 1.30. The zero-order chi connectivity index (χ0) is 28.3. The Hall–Kier alpha value is -4.54. The summed E-state index contributed by atoms with van der Waals surface area (Å²) in [5, 5.41) is 32.7. The van der Waals surface area contributed by atoms with Gasteiger partial charge in [-0.05, 0) is 42.3 Å². The number of nitrogens with one attached hydrogen (secondary N) is 1. The Morgan fingerprint density at radius 3 is 2.67 bits per heavy atom. The third-order valence-corrected chi connectivity index (χ3v) is 7.33. The number of aliphatic hydroxyl groups excluding tert-OH is 1. The number of aryl methyl sites for hydroxylation is 1. The molecule has 0 spiro atoms. The number of amides is 1. The fourth-order valence-electron chi connectivity index (χ4n) is 5.02. The molecule has 3 N–H and O–H groups in total. The molecular formula is C30H31N5O5. The lowest BCUT2D eigenvalue weighted by atomic mass is 9.82. The van der Waals surface area contributed by atoms with Crippen LogP contribution in [0.15, 0.2) is 90.0 Å². The molecule has 40 heavy (non-hydrogen) atoms. The molecule has 1 unspecified atom stereocenters. The lowest BCUT2D eigenvalue weighted by Gasteiger charge is -2.26. The van der Waals surface area contributed by atoms with E-state index in [1.807, 2.05) is 42.6 Å². The van der Waals surface area contributed by atoms with Crippen molar-refractivity contribution in [2.24, 2.45) is 5.92 Å². The van der Waals surface area contributed by atoms with Crippen molar-refractivity contribution in [1.82, 2.24) is 19.6 Å². The van der Waals surface area contributed by atoms with Gasteiger partial charge in [0, 0.05) is 41.8 Å². The number of methoxy groups -OCH3 is 1. The monoisotopic (exact) mass is 541 g/mol. The van der Waals surface area contributed by atoms with Crippen molar-refractivity contribution in [3.63, 3.8) is 0 Å². The lowest BCUT2D eigenvalue weighted by Crippen LogP contribution is -2.39. The zero-order valence-corrected chi connectivity index (χ0v) is 22.3. The van der Waals surface area contributed by atoms with E-state index in [1.165, 1.54) is 11.7 Å². The van der Waals surface area contributed by atoms with Crippen molar-refractivity contribution in [2.75, 3.05) is 19.0 Å². The van der Waals surface area contributed by atoms with Crippen molar-refractivity contribution >= 4 is 11.6 Å². The molecule has 3 heterocycles. The van der Waals surface area contributed by atoms with Gasteiger partial charge >= 0.3 is 0 Å². The van der Waals surface area contributed by atoms with Gasteiger partial charge in [0.25, 0.3) is 11.5 Å². The van der Waals surface area contributed by atoms with Crippen molar-refractivity contribution in [1.29, 1.82) is 0 Å². The summed E-state index contributed by atoms with van der Waals surface area (Å²) in [7, 11) is 1.43. The Bertz CT molecular complexity index is 1600. The van der Waals surface area contributed by atoms with Crippen LogP contribution < -0.4 is 15.6 Å². The van der Waals surface area contributed by atoms with Gasteiger partial charge in [0.2, 0.25) is 0 Å². The van der Waals surface area contributed by atoms with E-state index >= 15 is 0 Å². The number of pyridine rings is 1. The molecule has 10 nitrogen and oxygen atoms in total. The summed E-state index contributed by atoms with van der Waals surface area (Å²) in [6, 6.07) is 18.0. The highest BCUT2D eigenvalue weighted by molar-refractivity contribution is 6.05. The van der Waals surface area contributed by atoms with Crippen LogP contribution in [0.4, 0.5) is 5.69 Å². The molecule has 0 bridgehead atoms. The summed E-state index contributed by atoms with van der Waals surface area (Å²) in [6.45, 7) is 2.23. The molecule has 1 aliphatic heterocycles. The maximum Gasteiger partial charge on any atom is 0.297 e. The summed E-state index contributed by atoms with van der Waals surface area (Å²) in [5.74, 6) is -1.14. The van der Waals surface area contributed by atoms with Gasteiger partial charge in [-0.1, -0.05) is 54.6 Å². The number of hydrogen-bond donors (Lipinski definition) is 3. The number of ether oxygens (including phenoxy) is 1. The van der Waals surface area contributed by atoms with Crippen LogP contribution in [-0.4, -0.2) is 49.4 Å². The van der Waals surface area contributed by atoms with E-state index in [2.05, 4.69) is 15.6 Å². The predicted octanol–water partition coefficient (Wildman–Crippen LogP) is 2.98. The quantitative estimate of drug-likeness (QED) is 0.263. The van der Waals surface area contributed by atoms with Crippen LogP contribution >= 0.6 is 0 Å². The van der Waals surface area contributed by atoms with Crippen LogP contribution in [0.2, 0.25) is 0 Å². The van der Waals surface area contributed by atoms with Gasteiger partial charge in [-0.15, -0.1) is 5.10 Å². The van der Waals surface area contributed by atoms with Gasteiger partial charge in [-0.3, -0.25) is 18.8 Å². The van der Waals surface area contributed by atoms with E-state index < -0.39 is 17.4 Å². The van der Waals surface area contributed by atoms with Crippen LogP contribution in [-0.2, 0) is 16.9 Å². The first-order valence-electron chi connectivity index (χ1n) is 13.0. The highest BCUT2D eigenvalue weighted by Crippen LogP contribution is 2.42. The highest BCUT2D eigenvalue weighted by Gasteiger charge is 2.48. The number of benzene rings is 2. The number of rotatable bonds is 10. The summed E-state index contributed by atoms with van der Waals surface area (Å²) >= 11 is 0. The minimum absolute atomic E-state index is 0.0730. The number of hydrogen-bond acceptors (Lipinski definition) is 7. The number of fused-ring (bicyclic) bond motifs is 1. The molecule has 5 rings (SSSR count). The Morgan fingerprint density at radius 2 is 1.93 bits per heavy atom. The topological polar surface area (TPSA) is 132 Å². The molecule has 1 aliphatic rings. The molecule has 0 saturated heterocycles. The first kappa shape index (κ1) is 27.0. The van der Waals surface area contributed by atoms with Crippen molar-refractivity contribution in [3.8, 4) is 11.4 Å². The van der Waals surface area contributed by atoms with Crippen LogP contribution in [0.1, 0.15) is 36.1 Å². The molecule has 206 valence electrons. The lowest BCUT2D eigenvalue weighted by molar-refractivity contribution is -0.137. The van der Waals surface area contributed by atoms with E-state index in [1.54, 1.807) is 54.2 Å². The van der Waals surface area contributed by atoms with Gasteiger partial charge in [-0.25, -0.2) is 0 Å². The minimum atomic E-state index is -1.81. The standard InChI is InChI=1S/C30H31N5O5/c1-20(9-6-7-15-34-18-26(32-33-34)23(19-36)21-10-4-3-5-11-21)30(39)24-17-22(13-14-25(24)31-29(30)38)35-16-8-12-27(40-2)28(35)37/h3-6,8-14,16-18,20,23,36,39H,7,15,19H2,1-2H3,(H,31,38)/b9-6+/t20-,23?,30+/m1/s1. The van der Waals surface area contributed by atoms with E-state index in [0.29, 0.717) is 35.6 Å². The van der Waals surface area contributed by atoms with E-state index in [4.69, 9.17) is 4.74 Å². The molecular weight excluding hydrogens is 510 g/mol. The first-order chi connectivity index (χ1) is 19.4. The minimum Gasteiger partial charge on any atom is -0.491 e. The Kier molecular flexibility index (Phi) is 7.63. The van der Waals surface area contributed by atoms with Crippen molar-refractivity contribution in [2.45, 2.75) is 31.4 Å². The van der Waals surface area contributed by atoms with E-state index in [0.717, 1.165) is 5.56 Å². The molecule has 3 atom stereocenters.